The molecule has 1 aromatic carbocycles. The van der Waals surface area contributed by atoms with Crippen LogP contribution in [0.1, 0.15) is 35.5 Å². The van der Waals surface area contributed by atoms with E-state index in [1.54, 1.807) is 19.1 Å². The van der Waals surface area contributed by atoms with E-state index in [-0.39, 0.29) is 29.5 Å². The van der Waals surface area contributed by atoms with Crippen molar-refractivity contribution in [1.29, 1.82) is 5.26 Å². The first-order valence-electron chi connectivity index (χ1n) is 8.30. The predicted octanol–water partition coefficient (Wildman–Crippen LogP) is 1.51. The molecule has 1 atom stereocenters. The molecule has 1 heterocycles. The Labute approximate surface area is 162 Å². The van der Waals surface area contributed by atoms with Gasteiger partial charge in [0, 0.05) is 13.0 Å². The Kier molecular flexibility index (Phi) is 7.31. The van der Waals surface area contributed by atoms with Gasteiger partial charge in [-0.3, -0.25) is 4.79 Å². The molecule has 2 aromatic rings. The number of rotatable bonds is 9. The molecule has 0 spiro atoms. The van der Waals surface area contributed by atoms with Crippen molar-refractivity contribution in [1.82, 2.24) is 10.0 Å². The van der Waals surface area contributed by atoms with Gasteiger partial charge >= 0.3 is 5.97 Å². The summed E-state index contributed by atoms with van der Waals surface area (Å²) in [5, 5.41) is 11.1. The van der Waals surface area contributed by atoms with Crippen molar-refractivity contribution >= 4 is 21.9 Å². The molecular weight excluding hydrogens is 386 g/mol. The van der Waals surface area contributed by atoms with Gasteiger partial charge < -0.3 is 14.5 Å². The van der Waals surface area contributed by atoms with Crippen molar-refractivity contribution in [2.75, 3.05) is 13.2 Å². The highest BCUT2D eigenvalue weighted by molar-refractivity contribution is 7.89. The Balaban J connectivity index is 1.87. The second-order valence-corrected chi connectivity index (χ2v) is 7.48. The molecule has 2 rings (SSSR count). The largest absolute Gasteiger partial charge is 0.467 e. The van der Waals surface area contributed by atoms with Crippen LogP contribution in [-0.2, 0) is 19.6 Å². The lowest BCUT2D eigenvalue weighted by Crippen LogP contribution is -2.31. The first kappa shape index (κ1) is 21.1. The average Bonchev–Trinajstić information content (AvgIpc) is 3.21. The van der Waals surface area contributed by atoms with Crippen molar-refractivity contribution in [3.05, 3.63) is 54.0 Å². The minimum atomic E-state index is -3.76. The van der Waals surface area contributed by atoms with E-state index < -0.39 is 28.5 Å². The highest BCUT2D eigenvalue weighted by Gasteiger charge is 2.17. The molecule has 0 aliphatic rings. The number of esters is 1. The first-order chi connectivity index (χ1) is 13.3. The Morgan fingerprint density at radius 1 is 1.25 bits per heavy atom. The molecule has 1 aromatic heterocycles. The molecule has 0 saturated carbocycles. The van der Waals surface area contributed by atoms with Crippen LogP contribution < -0.4 is 10.0 Å². The molecule has 0 fully saturated rings. The van der Waals surface area contributed by atoms with E-state index in [0.29, 0.717) is 5.76 Å². The number of carbonyl (C=O) groups is 2. The summed E-state index contributed by atoms with van der Waals surface area (Å²) in [5.41, 5.74) is 0.0999. The fraction of sp³-hybridized carbons (Fsp3) is 0.278. The normalized spacial score (nSPS) is 12.0. The summed E-state index contributed by atoms with van der Waals surface area (Å²) in [6.45, 7) is 1.23. The average molecular weight is 405 g/mol. The Hall–Kier alpha value is -3.16. The summed E-state index contributed by atoms with van der Waals surface area (Å²) in [7, 11) is -3.76. The van der Waals surface area contributed by atoms with E-state index in [0.717, 1.165) is 0 Å². The number of nitriles is 1. The summed E-state index contributed by atoms with van der Waals surface area (Å²) in [6, 6.07) is 9.91. The van der Waals surface area contributed by atoms with Gasteiger partial charge in [-0.05, 0) is 43.3 Å². The Morgan fingerprint density at radius 2 is 1.96 bits per heavy atom. The zero-order chi connectivity index (χ0) is 20.6. The summed E-state index contributed by atoms with van der Waals surface area (Å²) >= 11 is 0. The fourth-order valence-electron chi connectivity index (χ4n) is 2.20. The number of nitrogens with one attached hydrogen (secondary N) is 2. The molecule has 148 valence electrons. The summed E-state index contributed by atoms with van der Waals surface area (Å²) in [6.07, 6.45) is 1.53. The maximum atomic E-state index is 12.0. The van der Waals surface area contributed by atoms with Gasteiger partial charge in [0.05, 0.1) is 28.8 Å². The lowest BCUT2D eigenvalue weighted by molar-refractivity contribution is -0.125. The van der Waals surface area contributed by atoms with Crippen LogP contribution in [-0.4, -0.2) is 33.4 Å². The van der Waals surface area contributed by atoms with Crippen LogP contribution in [0.2, 0.25) is 0 Å². The van der Waals surface area contributed by atoms with Crippen molar-refractivity contribution in [2.45, 2.75) is 24.3 Å². The minimum Gasteiger partial charge on any atom is -0.467 e. The predicted molar refractivity (Wildman–Crippen MR) is 97.4 cm³/mol. The number of hydrogen-bond acceptors (Lipinski definition) is 7. The SMILES string of the molecule is C[C@@H](NC(=O)COC(=O)c1ccc(S(=O)(=O)NCCC#N)cc1)c1ccco1. The van der Waals surface area contributed by atoms with Crippen LogP contribution in [0.5, 0.6) is 0 Å². The van der Waals surface area contributed by atoms with E-state index in [1.165, 1.54) is 30.5 Å². The van der Waals surface area contributed by atoms with Gasteiger partial charge in [-0.2, -0.15) is 5.26 Å². The summed E-state index contributed by atoms with van der Waals surface area (Å²) in [4.78, 5) is 23.8. The van der Waals surface area contributed by atoms with E-state index in [2.05, 4.69) is 10.0 Å². The lowest BCUT2D eigenvalue weighted by atomic mass is 10.2. The first-order valence-corrected chi connectivity index (χ1v) is 9.78. The molecule has 9 nitrogen and oxygen atoms in total. The van der Waals surface area contributed by atoms with Crippen LogP contribution in [0.4, 0.5) is 0 Å². The zero-order valence-electron chi connectivity index (χ0n) is 15.0. The maximum Gasteiger partial charge on any atom is 0.338 e. The molecule has 10 heteroatoms. The van der Waals surface area contributed by atoms with Crippen molar-refractivity contribution in [3.63, 3.8) is 0 Å². The number of benzene rings is 1. The molecule has 0 aliphatic heterocycles. The fourth-order valence-corrected chi connectivity index (χ4v) is 3.23. The molecule has 1 amide bonds. The lowest BCUT2D eigenvalue weighted by Gasteiger charge is -2.11. The van der Waals surface area contributed by atoms with Crippen LogP contribution in [0.3, 0.4) is 0 Å². The number of hydrogen-bond donors (Lipinski definition) is 2. The Morgan fingerprint density at radius 3 is 2.57 bits per heavy atom. The molecule has 0 radical (unpaired) electrons. The van der Waals surface area contributed by atoms with Gasteiger partial charge in [0.15, 0.2) is 6.61 Å². The smallest absolute Gasteiger partial charge is 0.338 e. The van der Waals surface area contributed by atoms with Gasteiger partial charge in [-0.25, -0.2) is 17.9 Å². The number of nitrogens with zero attached hydrogens (tertiary/aromatic N) is 1. The topological polar surface area (TPSA) is 138 Å². The van der Waals surface area contributed by atoms with E-state index in [9.17, 15) is 18.0 Å². The third-order valence-electron chi connectivity index (χ3n) is 3.61. The zero-order valence-corrected chi connectivity index (χ0v) is 15.9. The molecular formula is C18H19N3O6S. The number of amides is 1. The van der Waals surface area contributed by atoms with Crippen LogP contribution in [0.25, 0.3) is 0 Å². The highest BCUT2D eigenvalue weighted by Crippen LogP contribution is 2.13. The third kappa shape index (κ3) is 5.94. The van der Waals surface area contributed by atoms with Crippen LogP contribution in [0, 0.1) is 11.3 Å². The summed E-state index contributed by atoms with van der Waals surface area (Å²) < 4.78 is 36.4. The van der Waals surface area contributed by atoms with Crippen molar-refractivity contribution < 1.29 is 27.2 Å². The standard InChI is InChI=1S/C18H19N3O6S/c1-13(16-4-2-11-26-16)21-17(22)12-27-18(23)14-5-7-15(8-6-14)28(24,25)20-10-3-9-19/h2,4-8,11,13,20H,3,10,12H2,1H3,(H,21,22)/t13-/m1/s1. The number of carbonyl (C=O) groups excluding carboxylic acids is 2. The number of sulfonamides is 1. The van der Waals surface area contributed by atoms with Crippen molar-refractivity contribution in [3.8, 4) is 6.07 Å². The van der Waals surface area contributed by atoms with E-state index in [1.807, 2.05) is 6.07 Å². The molecule has 0 saturated heterocycles. The number of furan rings is 1. The quantitative estimate of drug-likeness (QED) is 0.476. The molecule has 2 N–H and O–H groups in total. The molecule has 0 bridgehead atoms. The van der Waals surface area contributed by atoms with E-state index >= 15 is 0 Å². The molecule has 0 unspecified atom stereocenters. The highest BCUT2D eigenvalue weighted by atomic mass is 32.2. The molecule has 28 heavy (non-hydrogen) atoms. The monoisotopic (exact) mass is 405 g/mol. The van der Waals surface area contributed by atoms with Gasteiger partial charge in [-0.15, -0.1) is 0 Å². The van der Waals surface area contributed by atoms with Crippen LogP contribution in [0.15, 0.2) is 52.0 Å². The number of ether oxygens (including phenoxy) is 1. The van der Waals surface area contributed by atoms with Crippen molar-refractivity contribution in [2.24, 2.45) is 0 Å². The third-order valence-corrected chi connectivity index (χ3v) is 5.09. The minimum absolute atomic E-state index is 0.00579. The van der Waals surface area contributed by atoms with Gasteiger partial charge in [0.2, 0.25) is 10.0 Å². The second kappa shape index (κ2) is 9.68. The van der Waals surface area contributed by atoms with Gasteiger partial charge in [-0.1, -0.05) is 0 Å². The van der Waals surface area contributed by atoms with Crippen LogP contribution >= 0.6 is 0 Å². The second-order valence-electron chi connectivity index (χ2n) is 5.71. The summed E-state index contributed by atoms with van der Waals surface area (Å²) in [5.74, 6) is -0.694. The van der Waals surface area contributed by atoms with E-state index in [4.69, 9.17) is 14.4 Å². The van der Waals surface area contributed by atoms with Gasteiger partial charge in [0.25, 0.3) is 5.91 Å². The molecule has 0 aliphatic carbocycles. The Bertz CT molecular complexity index is 946. The maximum absolute atomic E-state index is 12.0. The van der Waals surface area contributed by atoms with Gasteiger partial charge in [0.1, 0.15) is 5.76 Å².